The number of halogens is 2. The first kappa shape index (κ1) is 21.0. The zero-order valence-corrected chi connectivity index (χ0v) is 16.8. The van der Waals surface area contributed by atoms with E-state index in [4.69, 9.17) is 10.5 Å². The first-order valence-electron chi connectivity index (χ1n) is 8.33. The molecule has 7 heteroatoms. The molecule has 1 atom stereocenters. The number of nitrogens with two attached hydrogens (primary N) is 1. The van der Waals surface area contributed by atoms with Gasteiger partial charge in [0, 0.05) is 12.6 Å². The van der Waals surface area contributed by atoms with Gasteiger partial charge in [0.15, 0.2) is 17.5 Å². The minimum atomic E-state index is -0.365. The third kappa shape index (κ3) is 6.08. The molecule has 1 aliphatic heterocycles. The summed E-state index contributed by atoms with van der Waals surface area (Å²) in [7, 11) is 0. The van der Waals surface area contributed by atoms with Gasteiger partial charge in [-0.05, 0) is 50.6 Å². The van der Waals surface area contributed by atoms with E-state index < -0.39 is 0 Å². The summed E-state index contributed by atoms with van der Waals surface area (Å²) >= 11 is 0. The Balaban J connectivity index is 0.00000288. The Bertz CT molecular complexity index is 541. The summed E-state index contributed by atoms with van der Waals surface area (Å²) in [6, 6.07) is 5.40. The molecular formula is C17H28FIN4O. The lowest BCUT2D eigenvalue weighted by atomic mass is 10.2. The Kier molecular flexibility index (Phi) is 9.35. The van der Waals surface area contributed by atoms with Crippen LogP contribution in [0.25, 0.3) is 0 Å². The molecule has 3 N–H and O–H groups in total. The van der Waals surface area contributed by atoms with Gasteiger partial charge in [-0.1, -0.05) is 13.0 Å². The molecule has 0 spiro atoms. The number of benzene rings is 1. The van der Waals surface area contributed by atoms with Crippen LogP contribution in [-0.4, -0.2) is 43.1 Å². The third-order valence-electron chi connectivity index (χ3n) is 4.15. The number of hydrogen-bond acceptors (Lipinski definition) is 3. The van der Waals surface area contributed by atoms with Crippen molar-refractivity contribution in [3.8, 4) is 5.75 Å². The minimum absolute atomic E-state index is 0. The highest BCUT2D eigenvalue weighted by molar-refractivity contribution is 14.0. The van der Waals surface area contributed by atoms with Crippen molar-refractivity contribution in [2.24, 2.45) is 10.7 Å². The second kappa shape index (κ2) is 10.7. The largest absolute Gasteiger partial charge is 0.491 e. The average Bonchev–Trinajstić information content (AvgIpc) is 3.01. The van der Waals surface area contributed by atoms with E-state index in [1.165, 1.54) is 18.9 Å². The first-order chi connectivity index (χ1) is 11.1. The van der Waals surface area contributed by atoms with Gasteiger partial charge in [0.05, 0.1) is 13.2 Å². The lowest BCUT2D eigenvalue weighted by Gasteiger charge is -2.23. The van der Waals surface area contributed by atoms with Crippen LogP contribution >= 0.6 is 24.0 Å². The number of guanidine groups is 1. The van der Waals surface area contributed by atoms with Crippen LogP contribution in [0.4, 0.5) is 4.39 Å². The molecular weight excluding hydrogens is 422 g/mol. The second-order valence-corrected chi connectivity index (χ2v) is 5.70. The summed E-state index contributed by atoms with van der Waals surface area (Å²) in [6.45, 7) is 7.83. The van der Waals surface area contributed by atoms with Crippen LogP contribution in [0.5, 0.6) is 5.75 Å². The number of likely N-dealkylation sites (tertiary alicyclic amines) is 1. The van der Waals surface area contributed by atoms with Crippen molar-refractivity contribution in [2.45, 2.75) is 39.3 Å². The minimum Gasteiger partial charge on any atom is -0.491 e. The van der Waals surface area contributed by atoms with Gasteiger partial charge >= 0.3 is 0 Å². The van der Waals surface area contributed by atoms with E-state index in [1.54, 1.807) is 12.1 Å². The molecule has 0 saturated carbocycles. The maximum absolute atomic E-state index is 13.8. The number of nitrogens with zero attached hydrogens (tertiary/aromatic N) is 2. The van der Waals surface area contributed by atoms with Gasteiger partial charge in [-0.25, -0.2) is 9.38 Å². The SMILES string of the molecule is CCOc1ccc(CN=C(N)NCC2CCCN2CC)cc1F.I. The predicted molar refractivity (Wildman–Crippen MR) is 107 cm³/mol. The molecule has 1 unspecified atom stereocenters. The summed E-state index contributed by atoms with van der Waals surface area (Å²) < 4.78 is 19.0. The molecule has 136 valence electrons. The molecule has 0 radical (unpaired) electrons. The highest BCUT2D eigenvalue weighted by atomic mass is 127. The Morgan fingerprint density at radius 3 is 2.92 bits per heavy atom. The lowest BCUT2D eigenvalue weighted by Crippen LogP contribution is -2.42. The maximum Gasteiger partial charge on any atom is 0.188 e. The summed E-state index contributed by atoms with van der Waals surface area (Å²) in [4.78, 5) is 6.73. The Labute approximate surface area is 160 Å². The quantitative estimate of drug-likeness (QED) is 0.381. The van der Waals surface area contributed by atoms with Crippen molar-refractivity contribution in [3.63, 3.8) is 0 Å². The van der Waals surface area contributed by atoms with Crippen molar-refractivity contribution in [1.29, 1.82) is 0 Å². The highest BCUT2D eigenvalue weighted by Crippen LogP contribution is 2.19. The van der Waals surface area contributed by atoms with E-state index in [0.717, 1.165) is 25.2 Å². The fraction of sp³-hybridized carbons (Fsp3) is 0.588. The van der Waals surface area contributed by atoms with Gasteiger partial charge in [-0.15, -0.1) is 24.0 Å². The van der Waals surface area contributed by atoms with Gasteiger partial charge in [-0.3, -0.25) is 4.90 Å². The van der Waals surface area contributed by atoms with E-state index in [1.807, 2.05) is 6.92 Å². The van der Waals surface area contributed by atoms with Crippen LogP contribution < -0.4 is 15.8 Å². The topological polar surface area (TPSA) is 62.9 Å². The van der Waals surface area contributed by atoms with E-state index >= 15 is 0 Å². The van der Waals surface area contributed by atoms with Crippen molar-refractivity contribution in [1.82, 2.24) is 10.2 Å². The molecule has 0 bridgehead atoms. The molecule has 0 aliphatic carbocycles. The standard InChI is InChI=1S/C17H27FN4O.HI/c1-3-22-9-5-6-14(22)12-21-17(19)20-11-13-7-8-16(23-4-2)15(18)10-13;/h7-8,10,14H,3-6,9,11-12H2,1-2H3,(H3,19,20,21);1H. The molecule has 0 amide bonds. The van der Waals surface area contributed by atoms with Gasteiger partial charge in [0.25, 0.3) is 0 Å². The number of hydrogen-bond donors (Lipinski definition) is 2. The lowest BCUT2D eigenvalue weighted by molar-refractivity contribution is 0.267. The summed E-state index contributed by atoms with van der Waals surface area (Å²) in [6.07, 6.45) is 2.43. The maximum atomic E-state index is 13.8. The van der Waals surface area contributed by atoms with E-state index in [-0.39, 0.29) is 35.5 Å². The van der Waals surface area contributed by atoms with Crippen LogP contribution in [0, 0.1) is 5.82 Å². The zero-order valence-electron chi connectivity index (χ0n) is 14.4. The molecule has 1 heterocycles. The predicted octanol–water partition coefficient (Wildman–Crippen LogP) is 2.73. The second-order valence-electron chi connectivity index (χ2n) is 5.70. The van der Waals surface area contributed by atoms with Crippen molar-refractivity contribution >= 4 is 29.9 Å². The number of ether oxygens (including phenoxy) is 1. The molecule has 1 saturated heterocycles. The molecule has 24 heavy (non-hydrogen) atoms. The van der Waals surface area contributed by atoms with E-state index in [2.05, 4.69) is 22.1 Å². The average molecular weight is 450 g/mol. The summed E-state index contributed by atoms with van der Waals surface area (Å²) in [5.41, 5.74) is 6.67. The summed E-state index contributed by atoms with van der Waals surface area (Å²) in [5, 5.41) is 3.17. The van der Waals surface area contributed by atoms with Crippen LogP contribution in [0.2, 0.25) is 0 Å². The number of likely N-dealkylation sites (N-methyl/N-ethyl adjacent to an activating group) is 1. The van der Waals surface area contributed by atoms with E-state index in [9.17, 15) is 4.39 Å². The molecule has 5 nitrogen and oxygen atoms in total. The van der Waals surface area contributed by atoms with Gasteiger partial charge in [-0.2, -0.15) is 0 Å². The molecule has 2 rings (SSSR count). The van der Waals surface area contributed by atoms with Crippen LogP contribution in [0.3, 0.4) is 0 Å². The van der Waals surface area contributed by atoms with Crippen LogP contribution in [0.15, 0.2) is 23.2 Å². The Hall–Kier alpha value is -1.09. The van der Waals surface area contributed by atoms with Crippen molar-refractivity contribution in [2.75, 3.05) is 26.2 Å². The monoisotopic (exact) mass is 450 g/mol. The van der Waals surface area contributed by atoms with Gasteiger partial charge in [0.2, 0.25) is 0 Å². The third-order valence-corrected chi connectivity index (χ3v) is 4.15. The molecule has 1 aromatic carbocycles. The van der Waals surface area contributed by atoms with Crippen LogP contribution in [0.1, 0.15) is 32.3 Å². The zero-order chi connectivity index (χ0) is 16.7. The number of rotatable bonds is 7. The molecule has 1 fully saturated rings. The van der Waals surface area contributed by atoms with Crippen molar-refractivity contribution in [3.05, 3.63) is 29.6 Å². The fourth-order valence-electron chi connectivity index (χ4n) is 2.91. The molecule has 0 aromatic heterocycles. The molecule has 1 aromatic rings. The van der Waals surface area contributed by atoms with E-state index in [0.29, 0.717) is 25.2 Å². The number of aliphatic imine (C=N–C) groups is 1. The Morgan fingerprint density at radius 1 is 1.46 bits per heavy atom. The molecule has 1 aliphatic rings. The van der Waals surface area contributed by atoms with Gasteiger partial charge in [0.1, 0.15) is 0 Å². The first-order valence-corrected chi connectivity index (χ1v) is 8.33. The highest BCUT2D eigenvalue weighted by Gasteiger charge is 2.22. The van der Waals surface area contributed by atoms with Gasteiger partial charge < -0.3 is 15.8 Å². The van der Waals surface area contributed by atoms with Crippen molar-refractivity contribution < 1.29 is 9.13 Å². The number of nitrogens with one attached hydrogen (secondary N) is 1. The smallest absolute Gasteiger partial charge is 0.188 e. The fourth-order valence-corrected chi connectivity index (χ4v) is 2.91. The Morgan fingerprint density at radius 2 is 2.25 bits per heavy atom. The normalized spacial score (nSPS) is 18.3. The summed E-state index contributed by atoms with van der Waals surface area (Å²) in [5.74, 6) is 0.310. The van der Waals surface area contributed by atoms with Crippen LogP contribution in [-0.2, 0) is 6.54 Å².